The van der Waals surface area contributed by atoms with Gasteiger partial charge in [-0.25, -0.2) is 0 Å². The first-order valence-corrected chi connectivity index (χ1v) is 10.8. The summed E-state index contributed by atoms with van der Waals surface area (Å²) >= 11 is 1.25. The van der Waals surface area contributed by atoms with Gasteiger partial charge in [0.05, 0.1) is 4.91 Å². The second kappa shape index (κ2) is 13.3. The molecule has 1 aliphatic rings. The van der Waals surface area contributed by atoms with E-state index < -0.39 is 12.3 Å². The monoisotopic (exact) mass is 522 g/mol. The minimum Gasteiger partial charge on any atom is -0.481 e. The maximum atomic E-state index is 12.3. The van der Waals surface area contributed by atoms with Crippen molar-refractivity contribution in [2.75, 3.05) is 0 Å². The molecule has 3 aromatic carbocycles. The van der Waals surface area contributed by atoms with Crippen LogP contribution >= 0.6 is 11.8 Å². The van der Waals surface area contributed by atoms with Gasteiger partial charge in [-0.05, 0) is 52.3 Å². The Balaban J connectivity index is 0.000000850. The summed E-state index contributed by atoms with van der Waals surface area (Å²) in [5.41, 5.74) is 3.11. The fourth-order valence-electron chi connectivity index (χ4n) is 2.82. The fraction of sp³-hybridized carbons (Fsp3) is 0.0800. The second-order valence-corrected chi connectivity index (χ2v) is 7.98. The Hall–Kier alpha value is -3.05. The smallest absolute Gasteiger partial charge is 0.481 e. The number of carboxylic acids is 1. The Morgan fingerprint density at radius 3 is 2.08 bits per heavy atom. The van der Waals surface area contributed by atoms with Gasteiger partial charge in [0.15, 0.2) is 5.17 Å². The standard InChI is InChI=1S/C23H14F3N2O2S.C2H4O2.Na/c24-23(25,26)30-19-12-10-17(11-13-19)16-8-6-15(7-9-16)14-20-21(29)28-22(31-20)27-18-4-2-1-3-5-18;1-2(3)4;/h2-14H,(H,27,28,29);1H3,(H,3,4);/q-1;;+1/b20-14+;;. The van der Waals surface area contributed by atoms with Crippen molar-refractivity contribution in [3.05, 3.63) is 89.3 Å². The number of amides is 1. The number of carbonyl (C=O) groups excluding carboxylic acids is 1. The van der Waals surface area contributed by atoms with Gasteiger partial charge < -0.3 is 15.2 Å². The molecule has 0 radical (unpaired) electrons. The van der Waals surface area contributed by atoms with Crippen molar-refractivity contribution in [2.24, 2.45) is 4.99 Å². The maximum Gasteiger partial charge on any atom is 1.00 e. The number of amidine groups is 1. The number of nitrogens with zero attached hydrogens (tertiary/aromatic N) is 1. The minimum atomic E-state index is -4.72. The van der Waals surface area contributed by atoms with Crippen molar-refractivity contribution in [2.45, 2.75) is 13.3 Å². The van der Waals surface area contributed by atoms with Crippen LogP contribution in [0.15, 0.2) is 82.7 Å². The van der Waals surface area contributed by atoms with Gasteiger partial charge in [0.25, 0.3) is 11.9 Å². The molecule has 6 nitrogen and oxygen atoms in total. The van der Waals surface area contributed by atoms with Crippen LogP contribution in [-0.2, 0) is 9.59 Å². The molecule has 0 saturated carbocycles. The predicted molar refractivity (Wildman–Crippen MR) is 128 cm³/mol. The number of alkyl halides is 3. The van der Waals surface area contributed by atoms with E-state index in [0.717, 1.165) is 29.3 Å². The van der Waals surface area contributed by atoms with Crippen LogP contribution in [0.3, 0.4) is 0 Å². The molecule has 1 amide bonds. The van der Waals surface area contributed by atoms with Crippen LogP contribution in [0.4, 0.5) is 18.9 Å². The van der Waals surface area contributed by atoms with Crippen LogP contribution in [0, 0.1) is 6.07 Å². The first-order valence-electron chi connectivity index (χ1n) is 10.0. The number of hydrogen-bond donors (Lipinski definition) is 2. The number of aliphatic imine (C=N–C) groups is 1. The molecule has 0 bridgehead atoms. The van der Waals surface area contributed by atoms with Crippen LogP contribution in [0.25, 0.3) is 17.2 Å². The average molecular weight is 522 g/mol. The minimum absolute atomic E-state index is 0. The van der Waals surface area contributed by atoms with Gasteiger partial charge >= 0.3 is 35.9 Å². The Morgan fingerprint density at radius 2 is 1.56 bits per heavy atom. The number of thioether (sulfide) groups is 1. The maximum absolute atomic E-state index is 12.3. The van der Waals surface area contributed by atoms with Crippen molar-refractivity contribution in [3.8, 4) is 16.9 Å². The number of halogens is 3. The molecule has 0 spiro atoms. The van der Waals surface area contributed by atoms with Crippen LogP contribution in [0.1, 0.15) is 12.5 Å². The number of benzene rings is 3. The fourth-order valence-corrected chi connectivity index (χ4v) is 3.66. The van der Waals surface area contributed by atoms with Crippen molar-refractivity contribution >= 4 is 40.6 Å². The molecule has 1 aliphatic heterocycles. The van der Waals surface area contributed by atoms with Crippen LogP contribution in [0.2, 0.25) is 0 Å². The number of ether oxygens (including phenoxy) is 1. The third kappa shape index (κ3) is 9.54. The summed E-state index contributed by atoms with van der Waals surface area (Å²) in [6.07, 6.45) is -2.96. The molecule has 2 N–H and O–H groups in total. The van der Waals surface area contributed by atoms with Crippen molar-refractivity contribution in [3.63, 3.8) is 0 Å². The molecule has 3 aromatic rings. The molecule has 180 valence electrons. The molecular weight excluding hydrogens is 504 g/mol. The molecule has 0 atom stereocenters. The first kappa shape index (κ1) is 29.2. The van der Waals surface area contributed by atoms with E-state index in [1.54, 1.807) is 42.5 Å². The first-order chi connectivity index (χ1) is 16.6. The number of carboxylic acid groups (broad SMARTS) is 1. The van der Waals surface area contributed by atoms with Crippen molar-refractivity contribution in [1.82, 2.24) is 5.32 Å². The zero-order chi connectivity index (χ0) is 25.4. The van der Waals surface area contributed by atoms with Gasteiger partial charge in [-0.1, -0.05) is 36.4 Å². The summed E-state index contributed by atoms with van der Waals surface area (Å²) < 4.78 is 40.7. The molecule has 0 aliphatic carbocycles. The molecular formula is C25H18F3N2NaO4S. The summed E-state index contributed by atoms with van der Waals surface area (Å²) in [6, 6.07) is 23.0. The van der Waals surface area contributed by atoms with E-state index in [-0.39, 0.29) is 41.2 Å². The van der Waals surface area contributed by atoms with Gasteiger partial charge in [0, 0.05) is 6.92 Å². The second-order valence-electron chi connectivity index (χ2n) is 6.95. The quantitative estimate of drug-likeness (QED) is 0.313. The molecule has 36 heavy (non-hydrogen) atoms. The van der Waals surface area contributed by atoms with Crippen LogP contribution in [-0.4, -0.2) is 28.5 Å². The van der Waals surface area contributed by atoms with Crippen LogP contribution < -0.4 is 39.6 Å². The Kier molecular flexibility index (Phi) is 10.8. The number of hydrogen-bond acceptors (Lipinski definition) is 5. The van der Waals surface area contributed by atoms with E-state index in [0.29, 0.717) is 10.1 Å². The number of nitrogens with one attached hydrogen (secondary N) is 1. The molecule has 4 rings (SSSR count). The van der Waals surface area contributed by atoms with E-state index in [1.807, 2.05) is 24.3 Å². The van der Waals surface area contributed by atoms with Gasteiger partial charge in [0.1, 0.15) is 5.75 Å². The van der Waals surface area contributed by atoms with E-state index in [9.17, 15) is 18.0 Å². The Morgan fingerprint density at radius 1 is 1.03 bits per heavy atom. The molecule has 11 heteroatoms. The summed E-state index contributed by atoms with van der Waals surface area (Å²) in [4.78, 5) is 26.1. The van der Waals surface area contributed by atoms with E-state index in [2.05, 4.69) is 21.1 Å². The normalized spacial score (nSPS) is 14.9. The molecule has 1 saturated heterocycles. The third-order valence-electron chi connectivity index (χ3n) is 4.21. The summed E-state index contributed by atoms with van der Waals surface area (Å²) in [6.45, 7) is 1.08. The molecule has 0 aromatic heterocycles. The van der Waals surface area contributed by atoms with E-state index >= 15 is 0 Å². The number of carbonyl (C=O) groups is 2. The van der Waals surface area contributed by atoms with Gasteiger partial charge in [-0.3, -0.25) is 14.6 Å². The topological polar surface area (TPSA) is 88.0 Å². The number of aliphatic carboxylic acids is 1. The average Bonchev–Trinajstić information content (AvgIpc) is 3.12. The largest absolute Gasteiger partial charge is 1.00 e. The van der Waals surface area contributed by atoms with Gasteiger partial charge in [-0.2, -0.15) is 18.2 Å². The molecule has 1 fully saturated rings. The van der Waals surface area contributed by atoms with Crippen LogP contribution in [0.5, 0.6) is 5.75 Å². The molecule has 0 unspecified atom stereocenters. The van der Waals surface area contributed by atoms with E-state index in [4.69, 9.17) is 9.90 Å². The Labute approximate surface area is 231 Å². The summed E-state index contributed by atoms with van der Waals surface area (Å²) in [7, 11) is 0. The van der Waals surface area contributed by atoms with Gasteiger partial charge in [0.2, 0.25) is 0 Å². The Bertz CT molecular complexity index is 1240. The van der Waals surface area contributed by atoms with Crippen molar-refractivity contribution < 1.29 is 62.2 Å². The summed E-state index contributed by atoms with van der Waals surface area (Å²) in [5.74, 6) is -1.33. The number of rotatable bonds is 4. The molecule has 1 heterocycles. The van der Waals surface area contributed by atoms with Crippen molar-refractivity contribution in [1.29, 1.82) is 0 Å². The van der Waals surface area contributed by atoms with E-state index in [1.165, 1.54) is 23.9 Å². The predicted octanol–water partition coefficient (Wildman–Crippen LogP) is 3.04. The van der Waals surface area contributed by atoms with Gasteiger partial charge in [-0.15, -0.1) is 25.3 Å². The zero-order valence-electron chi connectivity index (χ0n) is 19.2. The third-order valence-corrected chi connectivity index (χ3v) is 5.12. The zero-order valence-corrected chi connectivity index (χ0v) is 22.0. The SMILES string of the molecule is CC(=O)O.O=C1NC(=Nc2cc[c-]cc2)S/C1=C/c1ccc(-c2ccc(OC(F)(F)F)cc2)cc1.[Na+]. The summed E-state index contributed by atoms with van der Waals surface area (Å²) in [5, 5.41) is 10.7.